The van der Waals surface area contributed by atoms with E-state index in [4.69, 9.17) is 4.74 Å². The first-order valence-corrected chi connectivity index (χ1v) is 9.68. The highest BCUT2D eigenvalue weighted by Crippen LogP contribution is 2.16. The van der Waals surface area contributed by atoms with E-state index in [2.05, 4.69) is 27.7 Å². The lowest BCUT2D eigenvalue weighted by Gasteiger charge is -2.25. The third kappa shape index (κ3) is 7.69. The SMILES string of the molecule is CC(C)CN(CC(C)C)C(=O)/C=C/c1cccc(OCc2ccccc2)c1. The molecule has 0 spiro atoms. The zero-order valence-corrected chi connectivity index (χ0v) is 16.9. The number of benzene rings is 2. The van der Waals surface area contributed by atoms with Crippen LogP contribution in [0.3, 0.4) is 0 Å². The minimum absolute atomic E-state index is 0.0630. The lowest BCUT2D eigenvalue weighted by molar-refractivity contribution is -0.127. The summed E-state index contributed by atoms with van der Waals surface area (Å²) in [6.07, 6.45) is 3.53. The summed E-state index contributed by atoms with van der Waals surface area (Å²) in [5.41, 5.74) is 2.09. The van der Waals surface area contributed by atoms with Crippen molar-refractivity contribution in [1.29, 1.82) is 0 Å². The minimum Gasteiger partial charge on any atom is -0.489 e. The normalized spacial score (nSPS) is 11.3. The summed E-state index contributed by atoms with van der Waals surface area (Å²) in [7, 11) is 0. The fraction of sp³-hybridized carbons (Fsp3) is 0.375. The molecule has 0 aliphatic carbocycles. The van der Waals surface area contributed by atoms with Crippen LogP contribution >= 0.6 is 0 Å². The molecular formula is C24H31NO2. The molecule has 1 amide bonds. The smallest absolute Gasteiger partial charge is 0.246 e. The molecule has 3 nitrogen and oxygen atoms in total. The summed E-state index contributed by atoms with van der Waals surface area (Å²) in [5, 5.41) is 0. The number of ether oxygens (including phenoxy) is 1. The Morgan fingerprint density at radius 1 is 0.963 bits per heavy atom. The van der Waals surface area contributed by atoms with Crippen LogP contribution in [0.25, 0.3) is 6.08 Å². The molecule has 0 aromatic heterocycles. The number of carbonyl (C=O) groups is 1. The Labute approximate surface area is 163 Å². The quantitative estimate of drug-likeness (QED) is 0.555. The fourth-order valence-corrected chi connectivity index (χ4v) is 2.86. The van der Waals surface area contributed by atoms with Crippen LogP contribution in [-0.4, -0.2) is 23.9 Å². The Morgan fingerprint density at radius 2 is 1.63 bits per heavy atom. The van der Waals surface area contributed by atoms with Crippen molar-refractivity contribution in [3.05, 3.63) is 71.8 Å². The first-order valence-electron chi connectivity index (χ1n) is 9.68. The summed E-state index contributed by atoms with van der Waals surface area (Å²) >= 11 is 0. The number of nitrogens with zero attached hydrogens (tertiary/aromatic N) is 1. The van der Waals surface area contributed by atoms with Gasteiger partial charge in [0.2, 0.25) is 5.91 Å². The van der Waals surface area contributed by atoms with Crippen molar-refractivity contribution in [2.24, 2.45) is 11.8 Å². The maximum Gasteiger partial charge on any atom is 0.246 e. The summed E-state index contributed by atoms with van der Waals surface area (Å²) < 4.78 is 5.86. The summed E-state index contributed by atoms with van der Waals surface area (Å²) in [4.78, 5) is 14.5. The van der Waals surface area contributed by atoms with Gasteiger partial charge in [0.1, 0.15) is 12.4 Å². The predicted octanol–water partition coefficient (Wildman–Crippen LogP) is 5.42. The molecule has 0 heterocycles. The third-order valence-electron chi connectivity index (χ3n) is 4.01. The standard InChI is InChI=1S/C24H31NO2/c1-19(2)16-25(17-20(3)4)24(26)14-13-21-11-8-12-23(15-21)27-18-22-9-6-5-7-10-22/h5-15,19-20H,16-18H2,1-4H3/b14-13+. The molecule has 2 aromatic carbocycles. The Kier molecular flexibility index (Phi) is 8.12. The van der Waals surface area contributed by atoms with Crippen molar-refractivity contribution in [3.8, 4) is 5.75 Å². The van der Waals surface area contributed by atoms with E-state index in [1.807, 2.05) is 65.6 Å². The van der Waals surface area contributed by atoms with Crippen LogP contribution < -0.4 is 4.74 Å². The van der Waals surface area contributed by atoms with Gasteiger partial charge in [0.05, 0.1) is 0 Å². The molecule has 144 valence electrons. The molecule has 0 aliphatic heterocycles. The highest BCUT2D eigenvalue weighted by atomic mass is 16.5. The van der Waals surface area contributed by atoms with Crippen LogP contribution in [0.15, 0.2) is 60.7 Å². The zero-order valence-electron chi connectivity index (χ0n) is 16.9. The van der Waals surface area contributed by atoms with Gasteiger partial charge in [0.25, 0.3) is 0 Å². The molecule has 0 unspecified atom stereocenters. The molecule has 0 N–H and O–H groups in total. The number of carbonyl (C=O) groups excluding carboxylic acids is 1. The number of hydrogen-bond donors (Lipinski definition) is 0. The molecule has 0 aliphatic rings. The average molecular weight is 366 g/mol. The zero-order chi connectivity index (χ0) is 19.6. The fourth-order valence-electron chi connectivity index (χ4n) is 2.86. The largest absolute Gasteiger partial charge is 0.489 e. The molecule has 0 saturated carbocycles. The van der Waals surface area contributed by atoms with E-state index >= 15 is 0 Å². The van der Waals surface area contributed by atoms with Gasteiger partial charge in [0.15, 0.2) is 0 Å². The minimum atomic E-state index is 0.0630. The highest BCUT2D eigenvalue weighted by molar-refractivity contribution is 5.91. The maximum absolute atomic E-state index is 12.6. The van der Waals surface area contributed by atoms with Crippen molar-refractivity contribution in [1.82, 2.24) is 4.90 Å². The lowest BCUT2D eigenvalue weighted by atomic mass is 10.1. The summed E-state index contributed by atoms with van der Waals surface area (Å²) in [6.45, 7) is 10.6. The van der Waals surface area contributed by atoms with Crippen LogP contribution in [0, 0.1) is 11.8 Å². The van der Waals surface area contributed by atoms with Gasteiger partial charge in [-0.05, 0) is 41.2 Å². The molecule has 0 bridgehead atoms. The molecule has 0 fully saturated rings. The molecule has 27 heavy (non-hydrogen) atoms. The van der Waals surface area contributed by atoms with Crippen LogP contribution in [-0.2, 0) is 11.4 Å². The molecule has 3 heteroatoms. The second-order valence-corrected chi connectivity index (χ2v) is 7.71. The first kappa shape index (κ1) is 20.8. The van der Waals surface area contributed by atoms with Crippen molar-refractivity contribution in [3.63, 3.8) is 0 Å². The van der Waals surface area contributed by atoms with Crippen LogP contribution in [0.2, 0.25) is 0 Å². The van der Waals surface area contributed by atoms with Crippen molar-refractivity contribution < 1.29 is 9.53 Å². The topological polar surface area (TPSA) is 29.5 Å². The molecule has 0 radical (unpaired) electrons. The molecular weight excluding hydrogens is 334 g/mol. The Bertz CT molecular complexity index is 725. The summed E-state index contributed by atoms with van der Waals surface area (Å²) in [5.74, 6) is 1.77. The van der Waals surface area contributed by atoms with Crippen LogP contribution in [0.1, 0.15) is 38.8 Å². The Hall–Kier alpha value is -2.55. The van der Waals surface area contributed by atoms with Gasteiger partial charge in [-0.25, -0.2) is 0 Å². The summed E-state index contributed by atoms with van der Waals surface area (Å²) in [6, 6.07) is 17.9. The van der Waals surface area contributed by atoms with E-state index in [0.717, 1.165) is 30.0 Å². The number of rotatable bonds is 9. The van der Waals surface area contributed by atoms with E-state index in [1.54, 1.807) is 6.08 Å². The van der Waals surface area contributed by atoms with E-state index in [0.29, 0.717) is 18.4 Å². The first-order chi connectivity index (χ1) is 12.9. The molecule has 2 aromatic rings. The van der Waals surface area contributed by atoms with Crippen LogP contribution in [0.4, 0.5) is 0 Å². The molecule has 0 saturated heterocycles. The van der Waals surface area contributed by atoms with Gasteiger partial charge in [-0.1, -0.05) is 70.2 Å². The van der Waals surface area contributed by atoms with Gasteiger partial charge >= 0.3 is 0 Å². The Morgan fingerprint density at radius 3 is 2.26 bits per heavy atom. The highest BCUT2D eigenvalue weighted by Gasteiger charge is 2.13. The number of hydrogen-bond acceptors (Lipinski definition) is 2. The van der Waals surface area contributed by atoms with Gasteiger partial charge in [0, 0.05) is 19.2 Å². The Balaban J connectivity index is 1.99. The van der Waals surface area contributed by atoms with Crippen molar-refractivity contribution >= 4 is 12.0 Å². The monoisotopic (exact) mass is 365 g/mol. The van der Waals surface area contributed by atoms with Crippen molar-refractivity contribution in [2.75, 3.05) is 13.1 Å². The molecule has 2 rings (SSSR count). The van der Waals surface area contributed by atoms with Gasteiger partial charge in [-0.3, -0.25) is 4.79 Å². The molecule has 0 atom stereocenters. The van der Waals surface area contributed by atoms with E-state index < -0.39 is 0 Å². The lowest BCUT2D eigenvalue weighted by Crippen LogP contribution is -2.35. The average Bonchev–Trinajstić information content (AvgIpc) is 2.64. The van der Waals surface area contributed by atoms with Crippen molar-refractivity contribution in [2.45, 2.75) is 34.3 Å². The second-order valence-electron chi connectivity index (χ2n) is 7.71. The van der Waals surface area contributed by atoms with E-state index in [9.17, 15) is 4.79 Å². The van der Waals surface area contributed by atoms with Crippen LogP contribution in [0.5, 0.6) is 5.75 Å². The third-order valence-corrected chi connectivity index (χ3v) is 4.01. The maximum atomic E-state index is 12.6. The van der Waals surface area contributed by atoms with E-state index in [1.165, 1.54) is 0 Å². The number of amides is 1. The van der Waals surface area contributed by atoms with Gasteiger partial charge in [-0.2, -0.15) is 0 Å². The second kappa shape index (κ2) is 10.6. The predicted molar refractivity (Wildman–Crippen MR) is 113 cm³/mol. The van der Waals surface area contributed by atoms with Gasteiger partial charge < -0.3 is 9.64 Å². The van der Waals surface area contributed by atoms with Gasteiger partial charge in [-0.15, -0.1) is 0 Å². The van der Waals surface area contributed by atoms with E-state index in [-0.39, 0.29) is 5.91 Å².